The maximum atomic E-state index is 12.4. The van der Waals surface area contributed by atoms with Gasteiger partial charge in [-0.2, -0.15) is 0 Å². The molecule has 12 nitrogen and oxygen atoms in total. The average Bonchev–Trinajstić information content (AvgIpc) is 3.39. The van der Waals surface area contributed by atoms with Gasteiger partial charge in [0.1, 0.15) is 5.39 Å². The van der Waals surface area contributed by atoms with E-state index in [1.807, 2.05) is 30.3 Å². The van der Waals surface area contributed by atoms with Gasteiger partial charge in [0.2, 0.25) is 23.7 Å². The molecule has 13 heteroatoms. The van der Waals surface area contributed by atoms with E-state index in [0.717, 1.165) is 40.8 Å². The summed E-state index contributed by atoms with van der Waals surface area (Å²) in [6.45, 7) is 2.88. The van der Waals surface area contributed by atoms with E-state index >= 15 is 0 Å². The minimum atomic E-state index is -0.224. The van der Waals surface area contributed by atoms with Crippen LogP contribution in [0.15, 0.2) is 61.2 Å². The summed E-state index contributed by atoms with van der Waals surface area (Å²) in [5.74, 6) is 2.43. The number of methoxy groups -OCH3 is 2. The standard InChI is InChI=1S/C28H27N9O3S/c1-39-21-12-19-20(13-22(21)40-2)34-24-23(19)25(32-16-31-24)36-8-10-37(11-9-36)28(41)35-27-29-14-18(15-30-27)33-26(38)17-6-4-3-5-7-17/h3-7,12-16H,8-11H2,1-2H3,(H,33,38)(H,31,32,34)(H,29,30,35,41)/p+1. The second-order valence-corrected chi connectivity index (χ2v) is 9.76. The third-order valence-corrected chi connectivity index (χ3v) is 7.32. The number of aromatic nitrogens is 5. The van der Waals surface area contributed by atoms with Crippen LogP contribution in [0.5, 0.6) is 11.5 Å². The molecule has 0 aliphatic carbocycles. The van der Waals surface area contributed by atoms with Crippen molar-refractivity contribution in [1.82, 2.24) is 24.8 Å². The van der Waals surface area contributed by atoms with Crippen LogP contribution in [-0.2, 0) is 0 Å². The summed E-state index contributed by atoms with van der Waals surface area (Å²) in [5, 5.41) is 8.43. The highest BCUT2D eigenvalue weighted by Crippen LogP contribution is 2.37. The zero-order chi connectivity index (χ0) is 28.3. The van der Waals surface area contributed by atoms with E-state index in [9.17, 15) is 4.79 Å². The lowest BCUT2D eigenvalue weighted by atomic mass is 10.1. The fourth-order valence-corrected chi connectivity index (χ4v) is 5.15. The highest BCUT2D eigenvalue weighted by molar-refractivity contribution is 7.80. The molecule has 0 atom stereocenters. The van der Waals surface area contributed by atoms with Crippen LogP contribution in [0, 0.1) is 0 Å². The zero-order valence-electron chi connectivity index (χ0n) is 22.5. The molecule has 1 aliphatic rings. The Bertz CT molecular complexity index is 1720. The first-order valence-electron chi connectivity index (χ1n) is 13.0. The van der Waals surface area contributed by atoms with Crippen molar-refractivity contribution in [1.29, 1.82) is 0 Å². The number of rotatable bonds is 6. The molecular formula is C28H28N9O3S+. The van der Waals surface area contributed by atoms with Gasteiger partial charge in [-0.3, -0.25) is 9.69 Å². The van der Waals surface area contributed by atoms with E-state index < -0.39 is 0 Å². The van der Waals surface area contributed by atoms with Crippen molar-refractivity contribution in [2.24, 2.45) is 0 Å². The van der Waals surface area contributed by atoms with E-state index in [1.165, 1.54) is 0 Å². The molecule has 3 aromatic heterocycles. The molecule has 4 heterocycles. The molecule has 0 bridgehead atoms. The summed E-state index contributed by atoms with van der Waals surface area (Å²) in [6.07, 6.45) is 4.80. The van der Waals surface area contributed by atoms with Crippen molar-refractivity contribution >= 4 is 62.6 Å². The van der Waals surface area contributed by atoms with Crippen molar-refractivity contribution in [3.63, 3.8) is 0 Å². The first-order valence-corrected chi connectivity index (χ1v) is 13.4. The Labute approximate surface area is 240 Å². The van der Waals surface area contributed by atoms with Gasteiger partial charge in [-0.25, -0.2) is 15.0 Å². The smallest absolute Gasteiger partial charge is 0.255 e. The number of benzene rings is 2. The summed E-state index contributed by atoms with van der Waals surface area (Å²) in [5.41, 5.74) is 2.76. The van der Waals surface area contributed by atoms with Gasteiger partial charge in [0.15, 0.2) is 16.6 Å². The molecule has 2 aromatic carbocycles. The van der Waals surface area contributed by atoms with E-state index in [1.54, 1.807) is 45.1 Å². The molecule has 0 unspecified atom stereocenters. The third kappa shape index (κ3) is 5.26. The number of H-pyrrole nitrogens is 2. The van der Waals surface area contributed by atoms with Crippen molar-refractivity contribution in [3.8, 4) is 11.5 Å². The van der Waals surface area contributed by atoms with Crippen LogP contribution in [0.1, 0.15) is 10.4 Å². The molecule has 0 radical (unpaired) electrons. The normalized spacial score (nSPS) is 13.3. The van der Waals surface area contributed by atoms with Gasteiger partial charge in [0.05, 0.1) is 64.0 Å². The third-order valence-electron chi connectivity index (χ3n) is 6.96. The van der Waals surface area contributed by atoms with Gasteiger partial charge >= 0.3 is 0 Å². The molecule has 208 valence electrons. The molecule has 1 fully saturated rings. The largest absolute Gasteiger partial charge is 0.493 e. The Kier molecular flexibility index (Phi) is 7.17. The van der Waals surface area contributed by atoms with E-state index in [2.05, 4.69) is 45.4 Å². The summed E-state index contributed by atoms with van der Waals surface area (Å²) >= 11 is 5.65. The van der Waals surface area contributed by atoms with Crippen LogP contribution in [0.4, 0.5) is 17.5 Å². The fraction of sp³-hybridized carbons (Fsp3) is 0.214. The number of ether oxygens (including phenoxy) is 2. The number of anilines is 3. The van der Waals surface area contributed by atoms with E-state index in [0.29, 0.717) is 46.9 Å². The molecule has 6 rings (SSSR count). The predicted octanol–water partition coefficient (Wildman–Crippen LogP) is 3.11. The highest BCUT2D eigenvalue weighted by atomic mass is 32.1. The van der Waals surface area contributed by atoms with E-state index in [4.69, 9.17) is 21.7 Å². The lowest BCUT2D eigenvalue weighted by Crippen LogP contribution is -2.51. The first-order chi connectivity index (χ1) is 20.0. The van der Waals surface area contributed by atoms with Gasteiger partial charge in [-0.15, -0.1) is 0 Å². The molecular weight excluding hydrogens is 542 g/mol. The Hall–Kier alpha value is -5.04. The van der Waals surface area contributed by atoms with Crippen LogP contribution in [-0.4, -0.2) is 76.3 Å². The lowest BCUT2D eigenvalue weighted by Gasteiger charge is -2.33. The number of amides is 1. The lowest BCUT2D eigenvalue weighted by molar-refractivity contribution is -0.367. The Morgan fingerprint density at radius 2 is 1.68 bits per heavy atom. The number of nitrogens with zero attached hydrogens (tertiary/aromatic N) is 5. The SMILES string of the molecule is COc1cc2[nH]c3nc[nH+]c(N4CCN(C(=S)Nc5ncc(NC(=O)c6ccccc6)cn5)CC4)c3c2cc1OC. The van der Waals surface area contributed by atoms with Gasteiger partial charge in [0.25, 0.3) is 5.91 Å². The predicted molar refractivity (Wildman–Crippen MR) is 160 cm³/mol. The maximum Gasteiger partial charge on any atom is 0.255 e. The number of hydrogen-bond donors (Lipinski definition) is 3. The number of piperazine rings is 1. The Balaban J connectivity index is 1.11. The summed E-state index contributed by atoms with van der Waals surface area (Å²) in [4.78, 5) is 36.6. The van der Waals surface area contributed by atoms with Crippen molar-refractivity contribution in [3.05, 3.63) is 66.7 Å². The van der Waals surface area contributed by atoms with Gasteiger partial charge < -0.3 is 30.0 Å². The molecule has 41 heavy (non-hydrogen) atoms. The topological polar surface area (TPSA) is 135 Å². The number of nitrogens with one attached hydrogen (secondary N) is 4. The van der Waals surface area contributed by atoms with Crippen LogP contribution in [0.2, 0.25) is 0 Å². The molecule has 0 spiro atoms. The molecule has 0 saturated carbocycles. The van der Waals surface area contributed by atoms with Crippen LogP contribution in [0.3, 0.4) is 0 Å². The summed E-state index contributed by atoms with van der Waals surface area (Å²) in [7, 11) is 3.25. The number of hydrogen-bond acceptors (Lipinski definition) is 8. The number of fused-ring (bicyclic) bond motifs is 3. The molecule has 4 N–H and O–H groups in total. The van der Waals surface area contributed by atoms with Crippen molar-refractivity contribution in [2.75, 3.05) is 55.9 Å². The Morgan fingerprint density at radius 1 is 0.976 bits per heavy atom. The molecule has 1 saturated heterocycles. The molecule has 1 amide bonds. The average molecular weight is 571 g/mol. The minimum absolute atomic E-state index is 0.224. The van der Waals surface area contributed by atoms with Gasteiger partial charge in [0, 0.05) is 17.0 Å². The number of carbonyl (C=O) groups excluding carboxylic acids is 1. The monoisotopic (exact) mass is 570 g/mol. The van der Waals surface area contributed by atoms with E-state index in [-0.39, 0.29) is 5.91 Å². The molecule has 5 aromatic rings. The number of thiocarbonyl (C=S) groups is 1. The minimum Gasteiger partial charge on any atom is -0.493 e. The highest BCUT2D eigenvalue weighted by Gasteiger charge is 2.28. The second kappa shape index (κ2) is 11.2. The fourth-order valence-electron chi connectivity index (χ4n) is 4.88. The van der Waals surface area contributed by atoms with Crippen LogP contribution >= 0.6 is 12.2 Å². The second-order valence-electron chi connectivity index (χ2n) is 9.37. The van der Waals surface area contributed by atoms with Crippen molar-refractivity contribution < 1.29 is 19.3 Å². The van der Waals surface area contributed by atoms with Crippen LogP contribution < -0.4 is 30.0 Å². The van der Waals surface area contributed by atoms with Crippen molar-refractivity contribution in [2.45, 2.75) is 0 Å². The maximum absolute atomic E-state index is 12.4. The van der Waals surface area contributed by atoms with Gasteiger partial charge in [-0.05, 0) is 30.4 Å². The first kappa shape index (κ1) is 26.2. The number of aromatic amines is 2. The zero-order valence-corrected chi connectivity index (χ0v) is 23.3. The van der Waals surface area contributed by atoms with Gasteiger partial charge in [-0.1, -0.05) is 23.2 Å². The Morgan fingerprint density at radius 3 is 2.39 bits per heavy atom. The molecule has 1 aliphatic heterocycles. The quantitative estimate of drug-likeness (QED) is 0.261. The summed E-state index contributed by atoms with van der Waals surface area (Å²) in [6, 6.07) is 12.9. The van der Waals surface area contributed by atoms with Crippen LogP contribution in [0.25, 0.3) is 21.9 Å². The summed E-state index contributed by atoms with van der Waals surface area (Å²) < 4.78 is 11.0. The number of carbonyl (C=O) groups is 1.